The van der Waals surface area contributed by atoms with Crippen LogP contribution in [0.2, 0.25) is 0 Å². The molecule has 3 aromatic rings. The fraction of sp³-hybridized carbons (Fsp3) is 0.174. The Balaban J connectivity index is 1.60. The van der Waals surface area contributed by atoms with E-state index in [0.717, 1.165) is 5.56 Å². The predicted molar refractivity (Wildman–Crippen MR) is 105 cm³/mol. The molecule has 0 aliphatic carbocycles. The number of rotatable bonds is 8. The van der Waals surface area contributed by atoms with Crippen molar-refractivity contribution in [1.29, 1.82) is 0 Å². The van der Waals surface area contributed by atoms with Crippen molar-refractivity contribution < 1.29 is 9.18 Å². The molecular formula is C23H23FN2O. The smallest absolute Gasteiger partial charge is 0.234 e. The second-order valence-electron chi connectivity index (χ2n) is 6.52. The standard InChI is InChI=1S/C23H23FN2O/c24-22-13-11-19(12-14-22)15-25-23(27)18-26(16-20-7-3-1-4-8-20)17-21-9-5-2-6-10-21/h1-14H,15-18H2,(H,25,27). The molecule has 27 heavy (non-hydrogen) atoms. The largest absolute Gasteiger partial charge is 0.351 e. The molecule has 1 amide bonds. The Labute approximate surface area is 159 Å². The van der Waals surface area contributed by atoms with Gasteiger partial charge in [-0.2, -0.15) is 0 Å². The first kappa shape index (κ1) is 18.8. The maximum Gasteiger partial charge on any atom is 0.234 e. The Bertz CT molecular complexity index is 794. The highest BCUT2D eigenvalue weighted by Gasteiger charge is 2.12. The first-order chi connectivity index (χ1) is 13.2. The lowest BCUT2D eigenvalue weighted by molar-refractivity contribution is -0.122. The molecule has 0 aliphatic rings. The average Bonchev–Trinajstić information content (AvgIpc) is 2.69. The maximum atomic E-state index is 13.0. The number of benzene rings is 3. The minimum absolute atomic E-state index is 0.0498. The molecule has 0 saturated carbocycles. The molecule has 0 atom stereocenters. The number of nitrogens with one attached hydrogen (secondary N) is 1. The Morgan fingerprint density at radius 3 is 1.78 bits per heavy atom. The van der Waals surface area contributed by atoms with Gasteiger partial charge in [-0.25, -0.2) is 4.39 Å². The summed E-state index contributed by atoms with van der Waals surface area (Å²) in [4.78, 5) is 14.6. The lowest BCUT2D eigenvalue weighted by Gasteiger charge is -2.22. The summed E-state index contributed by atoms with van der Waals surface area (Å²) in [6.07, 6.45) is 0. The number of hydrogen-bond donors (Lipinski definition) is 1. The zero-order chi connectivity index (χ0) is 18.9. The van der Waals surface area contributed by atoms with Crippen LogP contribution in [-0.4, -0.2) is 17.4 Å². The van der Waals surface area contributed by atoms with Crippen LogP contribution < -0.4 is 5.32 Å². The van der Waals surface area contributed by atoms with E-state index in [-0.39, 0.29) is 11.7 Å². The molecule has 0 heterocycles. The highest BCUT2D eigenvalue weighted by molar-refractivity contribution is 5.78. The lowest BCUT2D eigenvalue weighted by Crippen LogP contribution is -2.36. The fourth-order valence-corrected chi connectivity index (χ4v) is 2.91. The van der Waals surface area contributed by atoms with Crippen molar-refractivity contribution in [2.45, 2.75) is 19.6 Å². The maximum absolute atomic E-state index is 13.0. The summed E-state index contributed by atoms with van der Waals surface area (Å²) in [5.41, 5.74) is 3.21. The van der Waals surface area contributed by atoms with Crippen LogP contribution in [0.1, 0.15) is 16.7 Å². The van der Waals surface area contributed by atoms with Gasteiger partial charge in [0.1, 0.15) is 5.82 Å². The summed E-state index contributed by atoms with van der Waals surface area (Å²) in [6, 6.07) is 26.4. The van der Waals surface area contributed by atoms with Gasteiger partial charge in [0.25, 0.3) is 0 Å². The second kappa shape index (κ2) is 9.64. The summed E-state index contributed by atoms with van der Waals surface area (Å²) in [7, 11) is 0. The van der Waals surface area contributed by atoms with E-state index in [1.165, 1.54) is 23.3 Å². The van der Waals surface area contributed by atoms with E-state index in [4.69, 9.17) is 0 Å². The van der Waals surface area contributed by atoms with E-state index in [9.17, 15) is 9.18 Å². The van der Waals surface area contributed by atoms with Gasteiger partial charge in [0, 0.05) is 19.6 Å². The zero-order valence-corrected chi connectivity index (χ0v) is 15.1. The third kappa shape index (κ3) is 6.35. The molecule has 0 aliphatic heterocycles. The molecule has 0 unspecified atom stereocenters. The van der Waals surface area contributed by atoms with Crippen LogP contribution in [0.4, 0.5) is 4.39 Å². The first-order valence-corrected chi connectivity index (χ1v) is 9.00. The average molecular weight is 362 g/mol. The Kier molecular flexibility index (Phi) is 6.72. The van der Waals surface area contributed by atoms with Crippen LogP contribution in [0.5, 0.6) is 0 Å². The third-order valence-corrected chi connectivity index (χ3v) is 4.27. The molecule has 1 N–H and O–H groups in total. The zero-order valence-electron chi connectivity index (χ0n) is 15.1. The Hall–Kier alpha value is -2.98. The molecule has 3 rings (SSSR count). The van der Waals surface area contributed by atoms with Crippen molar-refractivity contribution in [2.24, 2.45) is 0 Å². The number of amides is 1. The van der Waals surface area contributed by atoms with Crippen LogP contribution in [-0.2, 0) is 24.4 Å². The molecule has 4 heteroatoms. The first-order valence-electron chi connectivity index (χ1n) is 9.00. The van der Waals surface area contributed by atoms with E-state index in [1.54, 1.807) is 12.1 Å². The van der Waals surface area contributed by atoms with E-state index in [2.05, 4.69) is 34.5 Å². The van der Waals surface area contributed by atoms with Crippen molar-refractivity contribution in [2.75, 3.05) is 6.54 Å². The summed E-state index contributed by atoms with van der Waals surface area (Å²) >= 11 is 0. The minimum Gasteiger partial charge on any atom is -0.351 e. The molecule has 0 saturated heterocycles. The number of halogens is 1. The fourth-order valence-electron chi connectivity index (χ4n) is 2.91. The summed E-state index contributed by atoms with van der Waals surface area (Å²) < 4.78 is 13.0. The van der Waals surface area contributed by atoms with Gasteiger partial charge in [0.15, 0.2) is 0 Å². The molecule has 0 aromatic heterocycles. The van der Waals surface area contributed by atoms with Crippen molar-refractivity contribution in [3.05, 3.63) is 107 Å². The van der Waals surface area contributed by atoms with Gasteiger partial charge in [-0.05, 0) is 28.8 Å². The Morgan fingerprint density at radius 2 is 1.26 bits per heavy atom. The van der Waals surface area contributed by atoms with E-state index < -0.39 is 0 Å². The van der Waals surface area contributed by atoms with Crippen LogP contribution in [0.25, 0.3) is 0 Å². The van der Waals surface area contributed by atoms with Gasteiger partial charge >= 0.3 is 0 Å². The number of carbonyl (C=O) groups is 1. The monoisotopic (exact) mass is 362 g/mol. The Morgan fingerprint density at radius 1 is 0.741 bits per heavy atom. The number of nitrogens with zero attached hydrogens (tertiary/aromatic N) is 1. The van der Waals surface area contributed by atoms with Crippen molar-refractivity contribution >= 4 is 5.91 Å². The minimum atomic E-state index is -0.276. The molecule has 0 fully saturated rings. The van der Waals surface area contributed by atoms with Crippen LogP contribution in [0, 0.1) is 5.82 Å². The molecule has 3 nitrogen and oxygen atoms in total. The predicted octanol–water partition coefficient (Wildman–Crippen LogP) is 4.14. The normalized spacial score (nSPS) is 10.7. The molecule has 0 bridgehead atoms. The summed E-state index contributed by atoms with van der Waals surface area (Å²) in [5, 5.41) is 2.92. The molecule has 0 spiro atoms. The number of carbonyl (C=O) groups excluding carboxylic acids is 1. The van der Waals surface area contributed by atoms with Gasteiger partial charge in [-0.1, -0.05) is 72.8 Å². The topological polar surface area (TPSA) is 32.3 Å². The van der Waals surface area contributed by atoms with Gasteiger partial charge in [0.2, 0.25) is 5.91 Å². The quantitative estimate of drug-likeness (QED) is 0.653. The van der Waals surface area contributed by atoms with Crippen LogP contribution in [0.15, 0.2) is 84.9 Å². The third-order valence-electron chi connectivity index (χ3n) is 4.27. The SMILES string of the molecule is O=C(CN(Cc1ccccc1)Cc1ccccc1)NCc1ccc(F)cc1. The van der Waals surface area contributed by atoms with Gasteiger partial charge in [-0.3, -0.25) is 9.69 Å². The van der Waals surface area contributed by atoms with Crippen LogP contribution in [0.3, 0.4) is 0 Å². The van der Waals surface area contributed by atoms with E-state index in [0.29, 0.717) is 26.2 Å². The van der Waals surface area contributed by atoms with E-state index in [1.807, 2.05) is 36.4 Å². The van der Waals surface area contributed by atoms with E-state index >= 15 is 0 Å². The summed E-state index contributed by atoms with van der Waals surface area (Å²) in [5.74, 6) is -0.326. The highest BCUT2D eigenvalue weighted by Crippen LogP contribution is 2.10. The lowest BCUT2D eigenvalue weighted by atomic mass is 10.1. The van der Waals surface area contributed by atoms with Crippen LogP contribution >= 0.6 is 0 Å². The second-order valence-corrected chi connectivity index (χ2v) is 6.52. The van der Waals surface area contributed by atoms with Gasteiger partial charge in [-0.15, -0.1) is 0 Å². The van der Waals surface area contributed by atoms with Crippen molar-refractivity contribution in [3.63, 3.8) is 0 Å². The number of hydrogen-bond acceptors (Lipinski definition) is 2. The van der Waals surface area contributed by atoms with Gasteiger partial charge in [0.05, 0.1) is 6.54 Å². The summed E-state index contributed by atoms with van der Waals surface area (Å²) in [6.45, 7) is 2.08. The van der Waals surface area contributed by atoms with Crippen molar-refractivity contribution in [3.8, 4) is 0 Å². The molecule has 0 radical (unpaired) electrons. The van der Waals surface area contributed by atoms with Crippen molar-refractivity contribution in [1.82, 2.24) is 10.2 Å². The highest BCUT2D eigenvalue weighted by atomic mass is 19.1. The molecule has 3 aromatic carbocycles. The molecular weight excluding hydrogens is 339 g/mol. The molecule has 138 valence electrons. The van der Waals surface area contributed by atoms with Gasteiger partial charge < -0.3 is 5.32 Å².